The van der Waals surface area contributed by atoms with Gasteiger partial charge in [-0.05, 0) is 13.3 Å². The zero-order chi connectivity index (χ0) is 11.9. The molecule has 0 aromatic rings. The average Bonchev–Trinajstić information content (AvgIpc) is 2.55. The van der Waals surface area contributed by atoms with E-state index in [2.05, 4.69) is 0 Å². The predicted molar refractivity (Wildman–Crippen MR) is 61.6 cm³/mol. The van der Waals surface area contributed by atoms with Crippen LogP contribution in [-0.4, -0.2) is 27.3 Å². The Balaban J connectivity index is 2.33. The van der Waals surface area contributed by atoms with E-state index in [1.807, 2.05) is 13.8 Å². The third-order valence-corrected chi connectivity index (χ3v) is 4.09. The first-order chi connectivity index (χ1) is 7.61. The SMILES string of the molecule is CC=C1C(=O)N2C(C(=O)O)=C(CCC)S[C@@H]12. The minimum absolute atomic E-state index is 0.0925. The van der Waals surface area contributed by atoms with Gasteiger partial charge in [0.2, 0.25) is 0 Å². The Hall–Kier alpha value is -1.23. The monoisotopic (exact) mass is 239 g/mol. The van der Waals surface area contributed by atoms with Crippen LogP contribution in [0.3, 0.4) is 0 Å². The zero-order valence-electron chi connectivity index (χ0n) is 9.19. The van der Waals surface area contributed by atoms with Gasteiger partial charge >= 0.3 is 5.97 Å². The van der Waals surface area contributed by atoms with E-state index in [1.165, 1.54) is 16.7 Å². The number of hydrogen-bond acceptors (Lipinski definition) is 3. The number of hydrogen-bond donors (Lipinski definition) is 1. The van der Waals surface area contributed by atoms with Crippen molar-refractivity contribution in [2.75, 3.05) is 0 Å². The third-order valence-electron chi connectivity index (χ3n) is 2.72. The normalized spacial score (nSPS) is 26.1. The lowest BCUT2D eigenvalue weighted by molar-refractivity contribution is -0.141. The molecular weight excluding hydrogens is 226 g/mol. The molecular formula is C11H13NO3S. The van der Waals surface area contributed by atoms with Gasteiger partial charge in [0.25, 0.3) is 5.91 Å². The lowest BCUT2D eigenvalue weighted by Gasteiger charge is -2.36. The lowest BCUT2D eigenvalue weighted by atomic mass is 10.0. The Morgan fingerprint density at radius 1 is 1.62 bits per heavy atom. The number of carboxylic acid groups (broad SMARTS) is 1. The number of nitrogens with zero attached hydrogens (tertiary/aromatic N) is 1. The van der Waals surface area contributed by atoms with E-state index >= 15 is 0 Å². The fourth-order valence-electron chi connectivity index (χ4n) is 1.98. The fourth-order valence-corrected chi connectivity index (χ4v) is 3.54. The summed E-state index contributed by atoms with van der Waals surface area (Å²) in [7, 11) is 0. The highest BCUT2D eigenvalue weighted by atomic mass is 32.2. The molecule has 1 amide bonds. The second-order valence-electron chi connectivity index (χ2n) is 3.72. The molecule has 1 saturated heterocycles. The fraction of sp³-hybridized carbons (Fsp3) is 0.455. The van der Waals surface area contributed by atoms with Crippen LogP contribution in [0.4, 0.5) is 0 Å². The molecule has 2 aliphatic rings. The van der Waals surface area contributed by atoms with E-state index in [9.17, 15) is 9.59 Å². The maximum absolute atomic E-state index is 11.7. The summed E-state index contributed by atoms with van der Waals surface area (Å²) < 4.78 is 0. The van der Waals surface area contributed by atoms with Gasteiger partial charge in [0, 0.05) is 10.5 Å². The summed E-state index contributed by atoms with van der Waals surface area (Å²) in [6.07, 6.45) is 3.38. The second kappa shape index (κ2) is 3.97. The van der Waals surface area contributed by atoms with Gasteiger partial charge in [-0.25, -0.2) is 4.79 Å². The number of fused-ring (bicyclic) bond motifs is 1. The number of allylic oxidation sites excluding steroid dienone is 2. The molecule has 1 fully saturated rings. The first-order valence-electron chi connectivity index (χ1n) is 5.24. The molecule has 2 aliphatic heterocycles. The molecule has 86 valence electrons. The Labute approximate surface area is 98.0 Å². The molecule has 0 saturated carbocycles. The van der Waals surface area contributed by atoms with Crippen LogP contribution in [-0.2, 0) is 9.59 Å². The molecule has 0 aromatic carbocycles. The number of carboxylic acids is 1. The first-order valence-corrected chi connectivity index (χ1v) is 6.12. The molecule has 1 atom stereocenters. The van der Waals surface area contributed by atoms with Crippen LogP contribution in [0.2, 0.25) is 0 Å². The molecule has 0 aromatic heterocycles. The number of thioether (sulfide) groups is 1. The van der Waals surface area contributed by atoms with E-state index in [1.54, 1.807) is 6.08 Å². The van der Waals surface area contributed by atoms with Crippen LogP contribution in [0, 0.1) is 0 Å². The van der Waals surface area contributed by atoms with E-state index in [0.717, 1.165) is 23.3 Å². The molecule has 5 heteroatoms. The number of amides is 1. The Morgan fingerprint density at radius 3 is 2.81 bits per heavy atom. The Morgan fingerprint density at radius 2 is 2.31 bits per heavy atom. The van der Waals surface area contributed by atoms with E-state index in [-0.39, 0.29) is 17.0 Å². The highest BCUT2D eigenvalue weighted by Crippen LogP contribution is 2.50. The van der Waals surface area contributed by atoms with Gasteiger partial charge in [-0.2, -0.15) is 0 Å². The molecule has 0 unspecified atom stereocenters. The summed E-state index contributed by atoms with van der Waals surface area (Å²) in [4.78, 5) is 25.0. The maximum atomic E-state index is 11.7. The zero-order valence-corrected chi connectivity index (χ0v) is 10.0. The van der Waals surface area contributed by atoms with Crippen molar-refractivity contribution in [3.8, 4) is 0 Å². The molecule has 0 aliphatic carbocycles. The van der Waals surface area contributed by atoms with E-state index < -0.39 is 5.97 Å². The smallest absolute Gasteiger partial charge is 0.353 e. The van der Waals surface area contributed by atoms with E-state index in [4.69, 9.17) is 5.11 Å². The number of β-lactam (4-membered cyclic amide) rings is 1. The molecule has 4 nitrogen and oxygen atoms in total. The molecule has 2 heterocycles. The van der Waals surface area contributed by atoms with Crippen LogP contribution >= 0.6 is 11.8 Å². The van der Waals surface area contributed by atoms with Crippen LogP contribution in [0.1, 0.15) is 26.7 Å². The topological polar surface area (TPSA) is 57.6 Å². The van der Waals surface area contributed by atoms with Gasteiger partial charge < -0.3 is 5.11 Å². The molecule has 16 heavy (non-hydrogen) atoms. The van der Waals surface area contributed by atoms with Gasteiger partial charge in [0.05, 0.1) is 0 Å². The van der Waals surface area contributed by atoms with E-state index in [0.29, 0.717) is 0 Å². The summed E-state index contributed by atoms with van der Waals surface area (Å²) in [5.41, 5.74) is 0.905. The van der Waals surface area contributed by atoms with Crippen LogP contribution in [0.25, 0.3) is 0 Å². The van der Waals surface area contributed by atoms with Crippen molar-refractivity contribution in [3.05, 3.63) is 22.3 Å². The van der Waals surface area contributed by atoms with Gasteiger partial charge in [-0.1, -0.05) is 31.2 Å². The Bertz CT molecular complexity index is 425. The van der Waals surface area contributed by atoms with Gasteiger partial charge in [0.1, 0.15) is 11.1 Å². The van der Waals surface area contributed by atoms with Crippen LogP contribution < -0.4 is 0 Å². The molecule has 0 spiro atoms. The van der Waals surface area contributed by atoms with Gasteiger partial charge in [-0.15, -0.1) is 0 Å². The highest BCUT2D eigenvalue weighted by molar-refractivity contribution is 8.04. The standard InChI is InChI=1S/C11H13NO3S/c1-3-5-7-8(11(14)15)12-9(13)6(4-2)10(12)16-7/h4,10H,3,5H2,1-2H3,(H,14,15)/t10-/m0/s1. The minimum atomic E-state index is -0.998. The molecule has 1 N–H and O–H groups in total. The number of carbonyl (C=O) groups is 2. The van der Waals surface area contributed by atoms with Crippen molar-refractivity contribution in [3.63, 3.8) is 0 Å². The number of carbonyl (C=O) groups excluding carboxylic acids is 1. The third kappa shape index (κ3) is 1.38. The highest BCUT2D eigenvalue weighted by Gasteiger charge is 2.51. The van der Waals surface area contributed by atoms with Crippen LogP contribution in [0.15, 0.2) is 22.3 Å². The Kier molecular flexibility index (Phi) is 2.80. The minimum Gasteiger partial charge on any atom is -0.477 e. The van der Waals surface area contributed by atoms with Crippen molar-refractivity contribution in [1.29, 1.82) is 0 Å². The summed E-state index contributed by atoms with van der Waals surface area (Å²) >= 11 is 1.49. The van der Waals surface area contributed by atoms with Crippen LogP contribution in [0.5, 0.6) is 0 Å². The average molecular weight is 239 g/mol. The maximum Gasteiger partial charge on any atom is 0.353 e. The predicted octanol–water partition coefficient (Wildman–Crippen LogP) is 1.94. The van der Waals surface area contributed by atoms with Crippen molar-refractivity contribution < 1.29 is 14.7 Å². The summed E-state index contributed by atoms with van der Waals surface area (Å²) in [5.74, 6) is -1.16. The van der Waals surface area contributed by atoms with Crippen molar-refractivity contribution >= 4 is 23.6 Å². The molecule has 0 radical (unpaired) electrons. The molecule has 2 rings (SSSR count). The van der Waals surface area contributed by atoms with Crippen molar-refractivity contribution in [2.45, 2.75) is 32.1 Å². The van der Waals surface area contributed by atoms with Crippen molar-refractivity contribution in [2.24, 2.45) is 0 Å². The second-order valence-corrected chi connectivity index (χ2v) is 4.89. The van der Waals surface area contributed by atoms with Gasteiger partial charge in [-0.3, -0.25) is 9.69 Å². The van der Waals surface area contributed by atoms with Gasteiger partial charge in [0.15, 0.2) is 0 Å². The van der Waals surface area contributed by atoms with Crippen molar-refractivity contribution in [1.82, 2.24) is 4.90 Å². The number of rotatable bonds is 3. The summed E-state index contributed by atoms with van der Waals surface area (Å²) in [6.45, 7) is 3.81. The quantitative estimate of drug-likeness (QED) is 0.604. The number of aliphatic carboxylic acids is 1. The summed E-state index contributed by atoms with van der Waals surface area (Å²) in [6, 6.07) is 0. The lowest BCUT2D eigenvalue weighted by Crippen LogP contribution is -2.51. The summed E-state index contributed by atoms with van der Waals surface area (Å²) in [5, 5.41) is 9.03. The first kappa shape index (κ1) is 11.3. The largest absolute Gasteiger partial charge is 0.477 e. The molecule has 0 bridgehead atoms.